The zero-order chi connectivity index (χ0) is 23.1. The molecule has 2 aliphatic rings. The lowest BCUT2D eigenvalue weighted by Crippen LogP contribution is -2.38. The molecule has 0 N–H and O–H groups in total. The number of thiophene rings is 1. The molecular formula is C26H27ClN2O2S2. The number of aromatic nitrogens is 1. The molecule has 3 aromatic rings. The van der Waals surface area contributed by atoms with Crippen LogP contribution in [0.4, 0.5) is 0 Å². The van der Waals surface area contributed by atoms with Gasteiger partial charge in [0.1, 0.15) is 5.56 Å². The lowest BCUT2D eigenvalue weighted by molar-refractivity contribution is 0.0744. The Hall–Kier alpha value is -2.02. The SMILES string of the molecule is CCCN(CC1CC1)C(=O)c1c2n(c(C)cc1=O)-c1ccc(Cl)cc1SC(c1cccs1)C2. The van der Waals surface area contributed by atoms with Crippen LogP contribution in [-0.4, -0.2) is 28.5 Å². The Bertz CT molecular complexity index is 1250. The van der Waals surface area contributed by atoms with Gasteiger partial charge in [0, 0.05) is 57.0 Å². The number of rotatable bonds is 6. The quantitative estimate of drug-likeness (QED) is 0.389. The molecular weight excluding hydrogens is 472 g/mol. The summed E-state index contributed by atoms with van der Waals surface area (Å²) in [7, 11) is 0. The van der Waals surface area contributed by atoms with E-state index in [1.165, 1.54) is 17.7 Å². The maximum Gasteiger partial charge on any atom is 0.259 e. The number of amides is 1. The van der Waals surface area contributed by atoms with Gasteiger partial charge in [0.25, 0.3) is 5.91 Å². The molecule has 4 nitrogen and oxygen atoms in total. The predicted octanol–water partition coefficient (Wildman–Crippen LogP) is 6.51. The van der Waals surface area contributed by atoms with Gasteiger partial charge >= 0.3 is 0 Å². The molecule has 1 fully saturated rings. The first-order valence-electron chi connectivity index (χ1n) is 11.5. The molecule has 33 heavy (non-hydrogen) atoms. The van der Waals surface area contributed by atoms with Crippen LogP contribution in [0.2, 0.25) is 5.02 Å². The maximum absolute atomic E-state index is 13.9. The average molecular weight is 499 g/mol. The highest BCUT2D eigenvalue weighted by Crippen LogP contribution is 2.46. The number of hydrogen-bond acceptors (Lipinski definition) is 4. The van der Waals surface area contributed by atoms with Crippen LogP contribution in [0.5, 0.6) is 0 Å². The number of pyridine rings is 1. The van der Waals surface area contributed by atoms with Gasteiger partial charge < -0.3 is 9.47 Å². The molecule has 2 aromatic heterocycles. The van der Waals surface area contributed by atoms with Crippen LogP contribution in [0.15, 0.2) is 51.5 Å². The Balaban J connectivity index is 1.70. The summed E-state index contributed by atoms with van der Waals surface area (Å²) in [5.41, 5.74) is 2.79. The molecule has 3 heterocycles. The van der Waals surface area contributed by atoms with Crippen molar-refractivity contribution in [2.24, 2.45) is 5.92 Å². The van der Waals surface area contributed by atoms with Crippen molar-refractivity contribution in [2.45, 2.75) is 49.7 Å². The second kappa shape index (κ2) is 9.32. The van der Waals surface area contributed by atoms with Gasteiger partial charge in [-0.05, 0) is 61.7 Å². The minimum Gasteiger partial charge on any atom is -0.338 e. The standard InChI is InChI=1S/C26H27ClN2O2S2/c1-3-10-28(15-17-6-7-17)26(31)25-20-14-24(22-5-4-11-32-22)33-23-13-18(27)8-9-19(23)29(20)16(2)12-21(25)30/h4-5,8-9,11-13,17,24H,3,6-7,10,14-15H2,1-2H3. The van der Waals surface area contributed by atoms with Gasteiger partial charge in [-0.15, -0.1) is 23.1 Å². The van der Waals surface area contributed by atoms with E-state index in [0.717, 1.165) is 34.9 Å². The largest absolute Gasteiger partial charge is 0.338 e. The maximum atomic E-state index is 13.9. The van der Waals surface area contributed by atoms with Gasteiger partial charge in [0.05, 0.1) is 5.69 Å². The van der Waals surface area contributed by atoms with Crippen LogP contribution >= 0.6 is 34.7 Å². The van der Waals surface area contributed by atoms with Gasteiger partial charge in [-0.25, -0.2) is 0 Å². The minimum atomic E-state index is -0.173. The number of hydrogen-bond donors (Lipinski definition) is 0. The van der Waals surface area contributed by atoms with Gasteiger partial charge in [-0.2, -0.15) is 0 Å². The van der Waals surface area contributed by atoms with Crippen LogP contribution in [0.25, 0.3) is 5.69 Å². The number of carbonyl (C=O) groups is 1. The van der Waals surface area contributed by atoms with E-state index < -0.39 is 0 Å². The first-order chi connectivity index (χ1) is 16.0. The van der Waals surface area contributed by atoms with Crippen molar-refractivity contribution < 1.29 is 4.79 Å². The summed E-state index contributed by atoms with van der Waals surface area (Å²) in [6, 6.07) is 11.7. The molecule has 1 saturated carbocycles. The number of carbonyl (C=O) groups excluding carboxylic acids is 1. The van der Waals surface area contributed by atoms with Crippen molar-refractivity contribution in [1.82, 2.24) is 9.47 Å². The molecule has 1 aromatic carbocycles. The lowest BCUT2D eigenvalue weighted by Gasteiger charge is -2.25. The molecule has 5 rings (SSSR count). The van der Waals surface area contributed by atoms with Crippen molar-refractivity contribution in [3.63, 3.8) is 0 Å². The van der Waals surface area contributed by atoms with Gasteiger partial charge in [0.2, 0.25) is 0 Å². The second-order valence-electron chi connectivity index (χ2n) is 8.94. The molecule has 172 valence electrons. The molecule has 7 heteroatoms. The minimum absolute atomic E-state index is 0.103. The number of benzene rings is 1. The molecule has 1 aliphatic carbocycles. The third-order valence-electron chi connectivity index (χ3n) is 6.34. The van der Waals surface area contributed by atoms with E-state index in [1.807, 2.05) is 30.0 Å². The Morgan fingerprint density at radius 3 is 2.76 bits per heavy atom. The number of aryl methyl sites for hydroxylation is 1. The lowest BCUT2D eigenvalue weighted by atomic mass is 10.0. The summed E-state index contributed by atoms with van der Waals surface area (Å²) in [6.45, 7) is 5.45. The van der Waals surface area contributed by atoms with Crippen molar-refractivity contribution in [1.29, 1.82) is 0 Å². The molecule has 1 atom stereocenters. The van der Waals surface area contributed by atoms with Crippen LogP contribution in [0.3, 0.4) is 0 Å². The van der Waals surface area contributed by atoms with E-state index in [4.69, 9.17) is 11.6 Å². The zero-order valence-corrected chi connectivity index (χ0v) is 21.2. The molecule has 0 radical (unpaired) electrons. The number of thioether (sulfide) groups is 1. The molecule has 0 spiro atoms. The monoisotopic (exact) mass is 498 g/mol. The Kier molecular flexibility index (Phi) is 6.43. The number of fused-ring (bicyclic) bond motifs is 3. The number of nitrogens with zero attached hydrogens (tertiary/aromatic N) is 2. The van der Waals surface area contributed by atoms with E-state index in [1.54, 1.807) is 29.2 Å². The molecule has 0 bridgehead atoms. The fourth-order valence-corrected chi connectivity index (χ4v) is 7.11. The van der Waals surface area contributed by atoms with Crippen molar-refractivity contribution >= 4 is 40.6 Å². The number of halogens is 1. The van der Waals surface area contributed by atoms with E-state index in [0.29, 0.717) is 29.5 Å². The Morgan fingerprint density at radius 2 is 2.06 bits per heavy atom. The Morgan fingerprint density at radius 1 is 1.24 bits per heavy atom. The normalized spacial score (nSPS) is 17.2. The van der Waals surface area contributed by atoms with Gasteiger partial charge in [0.15, 0.2) is 5.43 Å². The summed E-state index contributed by atoms with van der Waals surface area (Å²) in [5, 5.41) is 2.86. The second-order valence-corrected chi connectivity index (χ2v) is 11.6. The van der Waals surface area contributed by atoms with E-state index in [9.17, 15) is 9.59 Å². The molecule has 1 unspecified atom stereocenters. The van der Waals surface area contributed by atoms with Crippen LogP contribution in [-0.2, 0) is 6.42 Å². The molecule has 1 aliphatic heterocycles. The highest BCUT2D eigenvalue weighted by molar-refractivity contribution is 7.99. The first-order valence-corrected chi connectivity index (χ1v) is 13.6. The Labute approximate surface area is 207 Å². The van der Waals surface area contributed by atoms with Crippen LogP contribution < -0.4 is 5.43 Å². The topological polar surface area (TPSA) is 42.3 Å². The summed E-state index contributed by atoms with van der Waals surface area (Å²) >= 11 is 9.84. The summed E-state index contributed by atoms with van der Waals surface area (Å²) in [4.78, 5) is 31.4. The van der Waals surface area contributed by atoms with E-state index in [2.05, 4.69) is 29.0 Å². The molecule has 1 amide bonds. The fraction of sp³-hybridized carbons (Fsp3) is 0.385. The van der Waals surface area contributed by atoms with E-state index >= 15 is 0 Å². The van der Waals surface area contributed by atoms with Gasteiger partial charge in [-0.3, -0.25) is 9.59 Å². The summed E-state index contributed by atoms with van der Waals surface area (Å²) in [5.74, 6) is 0.453. The van der Waals surface area contributed by atoms with Crippen LogP contribution in [0, 0.1) is 12.8 Å². The van der Waals surface area contributed by atoms with Crippen molar-refractivity contribution in [3.05, 3.63) is 78.9 Å². The summed E-state index contributed by atoms with van der Waals surface area (Å²) in [6.07, 6.45) is 3.83. The van der Waals surface area contributed by atoms with Gasteiger partial charge in [-0.1, -0.05) is 24.6 Å². The van der Waals surface area contributed by atoms with Crippen LogP contribution in [0.1, 0.15) is 58.1 Å². The third-order valence-corrected chi connectivity index (χ3v) is 9.00. The molecule has 0 saturated heterocycles. The van der Waals surface area contributed by atoms with Crippen molar-refractivity contribution in [2.75, 3.05) is 13.1 Å². The average Bonchev–Trinajstić information content (AvgIpc) is 3.46. The first kappa shape index (κ1) is 22.8. The van der Waals surface area contributed by atoms with Crippen molar-refractivity contribution in [3.8, 4) is 5.69 Å². The highest BCUT2D eigenvalue weighted by atomic mass is 35.5. The summed E-state index contributed by atoms with van der Waals surface area (Å²) < 4.78 is 2.11. The third kappa shape index (κ3) is 4.53. The smallest absolute Gasteiger partial charge is 0.259 e. The fourth-order valence-electron chi connectivity index (χ4n) is 4.64. The zero-order valence-electron chi connectivity index (χ0n) is 18.8. The predicted molar refractivity (Wildman–Crippen MR) is 137 cm³/mol. The van der Waals surface area contributed by atoms with E-state index in [-0.39, 0.29) is 16.6 Å². The highest BCUT2D eigenvalue weighted by Gasteiger charge is 2.33.